The Morgan fingerprint density at radius 1 is 1.11 bits per heavy atom. The maximum absolute atomic E-state index is 13.4. The third kappa shape index (κ3) is 4.84. The number of carbonyl (C=O) groups excluding carboxylic acids is 3. The van der Waals surface area contributed by atoms with E-state index in [1.165, 1.54) is 38.1 Å². The normalized spacial score (nSPS) is 19.5. The van der Waals surface area contributed by atoms with Crippen LogP contribution in [-0.2, 0) is 14.4 Å². The number of nitrogens with one attached hydrogen (secondary N) is 2. The first-order chi connectivity index (χ1) is 17.2. The zero-order chi connectivity index (χ0) is 26.0. The average molecular weight is 532 g/mol. The Morgan fingerprint density at radius 3 is 2.33 bits per heavy atom. The molecule has 1 fully saturated rings. The topological polar surface area (TPSA) is 134 Å². The minimum absolute atomic E-state index is 0.0602. The minimum Gasteiger partial charge on any atom is -0.497 e. The zero-order valence-electron chi connectivity index (χ0n) is 19.2. The summed E-state index contributed by atoms with van der Waals surface area (Å²) in [6.07, 6.45) is 0. The molecule has 10 nitrogen and oxygen atoms in total. The molecule has 0 unspecified atom stereocenters. The van der Waals surface area contributed by atoms with Crippen molar-refractivity contribution in [1.29, 1.82) is 0 Å². The number of rotatable bonds is 8. The van der Waals surface area contributed by atoms with Crippen LogP contribution in [0.25, 0.3) is 0 Å². The summed E-state index contributed by atoms with van der Waals surface area (Å²) in [5.74, 6) is -2.10. The van der Waals surface area contributed by atoms with Gasteiger partial charge in [0.05, 0.1) is 19.3 Å². The van der Waals surface area contributed by atoms with Crippen molar-refractivity contribution in [3.05, 3.63) is 70.4 Å². The van der Waals surface area contributed by atoms with E-state index in [2.05, 4.69) is 10.6 Å². The fourth-order valence-corrected chi connectivity index (χ4v) is 5.47. The number of nitrogens with zero attached hydrogens (tertiary/aromatic N) is 1. The maximum Gasteiger partial charge on any atom is 0.353 e. The Labute approximate surface area is 215 Å². The molecule has 3 amide bonds. The van der Waals surface area contributed by atoms with Gasteiger partial charge in [0, 0.05) is 17.4 Å². The van der Waals surface area contributed by atoms with Gasteiger partial charge >= 0.3 is 5.97 Å². The Bertz CT molecular complexity index is 1230. The molecule has 2 aromatic rings. The number of amides is 3. The van der Waals surface area contributed by atoms with Gasteiger partial charge in [-0.25, -0.2) is 4.79 Å². The number of thioether (sulfide) groups is 1. The van der Waals surface area contributed by atoms with Crippen LogP contribution < -0.4 is 20.1 Å². The molecule has 1 saturated heterocycles. The van der Waals surface area contributed by atoms with Gasteiger partial charge in [-0.1, -0.05) is 41.9 Å². The zero-order valence-corrected chi connectivity index (χ0v) is 20.8. The van der Waals surface area contributed by atoms with Gasteiger partial charge < -0.3 is 25.2 Å². The molecule has 0 bridgehead atoms. The Morgan fingerprint density at radius 2 is 1.75 bits per heavy atom. The summed E-state index contributed by atoms with van der Waals surface area (Å²) < 4.78 is 10.4. The van der Waals surface area contributed by atoms with Crippen LogP contribution in [0.1, 0.15) is 22.0 Å². The van der Waals surface area contributed by atoms with E-state index in [-0.39, 0.29) is 22.0 Å². The van der Waals surface area contributed by atoms with Crippen LogP contribution in [0, 0.1) is 0 Å². The molecular formula is C24H22ClN3O7S. The number of methoxy groups -OCH3 is 2. The van der Waals surface area contributed by atoms with E-state index in [1.807, 2.05) is 0 Å². The van der Waals surface area contributed by atoms with Crippen LogP contribution in [0.5, 0.6) is 11.5 Å². The molecule has 0 aliphatic carbocycles. The summed E-state index contributed by atoms with van der Waals surface area (Å²) in [6.45, 7) is 0. The monoisotopic (exact) mass is 531 g/mol. The Balaban J connectivity index is 1.56. The van der Waals surface area contributed by atoms with E-state index in [4.69, 9.17) is 21.1 Å². The highest BCUT2D eigenvalue weighted by Crippen LogP contribution is 2.41. The summed E-state index contributed by atoms with van der Waals surface area (Å²) in [4.78, 5) is 51.9. The molecule has 3 N–H and O–H groups in total. The molecular weight excluding hydrogens is 510 g/mol. The van der Waals surface area contributed by atoms with Crippen molar-refractivity contribution >= 4 is 47.1 Å². The number of fused-ring (bicyclic) bond motifs is 1. The lowest BCUT2D eigenvalue weighted by atomic mass is 10.0. The largest absolute Gasteiger partial charge is 0.497 e. The second-order valence-electron chi connectivity index (χ2n) is 7.87. The number of aliphatic carboxylic acids is 1. The maximum atomic E-state index is 13.4. The standard InChI is InChI=1S/C24H22ClN3O7S/c1-34-14-8-13(9-15(10-14)35-2)20(29)26-17(12-6-4-3-5-7-12)21(30)27-18-22(31)28-19(24(32)33)16(25)11-36-23(18)28/h3-10,17-18,23H,11H2,1-2H3,(H,26,29)(H,27,30)(H,32,33)/t17-,18-,23-/m1/s1. The van der Waals surface area contributed by atoms with E-state index in [9.17, 15) is 24.3 Å². The second kappa shape index (κ2) is 10.5. The van der Waals surface area contributed by atoms with E-state index < -0.39 is 41.1 Å². The number of hydrogen-bond donors (Lipinski definition) is 3. The van der Waals surface area contributed by atoms with Crippen LogP contribution in [0.15, 0.2) is 59.3 Å². The van der Waals surface area contributed by atoms with Crippen molar-refractivity contribution in [3.63, 3.8) is 0 Å². The average Bonchev–Trinajstić information content (AvgIpc) is 2.89. The number of carboxylic acid groups (broad SMARTS) is 1. The molecule has 36 heavy (non-hydrogen) atoms. The van der Waals surface area contributed by atoms with Crippen LogP contribution in [0.4, 0.5) is 0 Å². The number of benzene rings is 2. The van der Waals surface area contributed by atoms with Gasteiger partial charge in [-0.2, -0.15) is 0 Å². The summed E-state index contributed by atoms with van der Waals surface area (Å²) in [5.41, 5.74) is 0.419. The summed E-state index contributed by atoms with van der Waals surface area (Å²) in [7, 11) is 2.91. The van der Waals surface area contributed by atoms with Gasteiger partial charge in [0.15, 0.2) is 0 Å². The van der Waals surface area contributed by atoms with Crippen LogP contribution in [0.3, 0.4) is 0 Å². The van der Waals surface area contributed by atoms with Gasteiger partial charge in [-0.3, -0.25) is 19.3 Å². The summed E-state index contributed by atoms with van der Waals surface area (Å²) >= 11 is 7.26. The summed E-state index contributed by atoms with van der Waals surface area (Å²) in [6, 6.07) is 11.1. The minimum atomic E-state index is -1.31. The molecule has 2 aromatic carbocycles. The number of carboxylic acids is 1. The highest BCUT2D eigenvalue weighted by molar-refractivity contribution is 8.00. The number of β-lactam (4-membered cyclic amide) rings is 1. The van der Waals surface area contributed by atoms with Gasteiger partial charge in [-0.15, -0.1) is 11.8 Å². The lowest BCUT2D eigenvalue weighted by Gasteiger charge is -2.49. The number of halogens is 1. The lowest BCUT2D eigenvalue weighted by molar-refractivity contribution is -0.150. The first-order valence-electron chi connectivity index (χ1n) is 10.7. The molecule has 0 radical (unpaired) electrons. The van der Waals surface area contributed by atoms with Crippen molar-refractivity contribution in [2.24, 2.45) is 0 Å². The molecule has 3 atom stereocenters. The lowest BCUT2D eigenvalue weighted by Crippen LogP contribution is -2.71. The third-order valence-corrected chi connectivity index (χ3v) is 7.46. The van der Waals surface area contributed by atoms with Crippen LogP contribution in [-0.4, -0.2) is 65.1 Å². The van der Waals surface area contributed by atoms with Crippen LogP contribution >= 0.6 is 23.4 Å². The number of ether oxygens (including phenoxy) is 2. The van der Waals surface area contributed by atoms with E-state index in [1.54, 1.807) is 36.4 Å². The van der Waals surface area contributed by atoms with Gasteiger partial charge in [-0.05, 0) is 17.7 Å². The predicted molar refractivity (Wildman–Crippen MR) is 132 cm³/mol. The van der Waals surface area contributed by atoms with Crippen LogP contribution in [0.2, 0.25) is 0 Å². The third-order valence-electron chi connectivity index (χ3n) is 5.71. The van der Waals surface area contributed by atoms with Crippen molar-refractivity contribution in [1.82, 2.24) is 15.5 Å². The molecule has 188 valence electrons. The molecule has 2 heterocycles. The smallest absolute Gasteiger partial charge is 0.353 e. The summed E-state index contributed by atoms with van der Waals surface area (Å²) in [5, 5.41) is 14.3. The van der Waals surface area contributed by atoms with Gasteiger partial charge in [0.2, 0.25) is 5.91 Å². The molecule has 0 spiro atoms. The Hall–Kier alpha value is -3.70. The fourth-order valence-electron chi connectivity index (χ4n) is 3.92. The highest BCUT2D eigenvalue weighted by atomic mass is 35.5. The van der Waals surface area contributed by atoms with E-state index >= 15 is 0 Å². The van der Waals surface area contributed by atoms with Gasteiger partial charge in [0.1, 0.15) is 34.7 Å². The number of hydrogen-bond acceptors (Lipinski definition) is 7. The second-order valence-corrected chi connectivity index (χ2v) is 9.43. The van der Waals surface area contributed by atoms with Crippen molar-refractivity contribution in [2.75, 3.05) is 20.0 Å². The fraction of sp³-hybridized carbons (Fsp3) is 0.250. The molecule has 0 saturated carbocycles. The first kappa shape index (κ1) is 25.4. The molecule has 2 aliphatic rings. The van der Waals surface area contributed by atoms with Crippen molar-refractivity contribution in [3.8, 4) is 11.5 Å². The highest BCUT2D eigenvalue weighted by Gasteiger charge is 2.54. The number of carbonyl (C=O) groups is 4. The molecule has 2 aliphatic heterocycles. The predicted octanol–water partition coefficient (Wildman–Crippen LogP) is 2.11. The van der Waals surface area contributed by atoms with Crippen molar-refractivity contribution < 1.29 is 33.8 Å². The van der Waals surface area contributed by atoms with E-state index in [0.717, 1.165) is 4.90 Å². The molecule has 4 rings (SSSR count). The quantitative estimate of drug-likeness (QED) is 0.441. The Kier molecular flexibility index (Phi) is 7.41. The first-order valence-corrected chi connectivity index (χ1v) is 12.1. The molecule has 12 heteroatoms. The SMILES string of the molecule is COc1cc(OC)cc(C(=O)N[C@@H](C(=O)N[C@@H]2C(=O)N3C(C(=O)O)=C(Cl)CS[C@H]23)c2ccccc2)c1. The van der Waals surface area contributed by atoms with E-state index in [0.29, 0.717) is 17.1 Å². The van der Waals surface area contributed by atoms with Gasteiger partial charge in [0.25, 0.3) is 11.8 Å². The molecule has 0 aromatic heterocycles. The van der Waals surface area contributed by atoms with Crippen molar-refractivity contribution in [2.45, 2.75) is 17.5 Å².